The lowest BCUT2D eigenvalue weighted by molar-refractivity contribution is -0.140. The summed E-state index contributed by atoms with van der Waals surface area (Å²) in [5, 5.41) is 12.5. The molecule has 1 aliphatic rings. The van der Waals surface area contributed by atoms with Gasteiger partial charge in [0.15, 0.2) is 0 Å². The zero-order chi connectivity index (χ0) is 27.1. The topological polar surface area (TPSA) is 137 Å². The van der Waals surface area contributed by atoms with E-state index in [1.54, 1.807) is 6.92 Å². The van der Waals surface area contributed by atoms with Crippen LogP contribution in [-0.4, -0.2) is 58.2 Å². The number of carboxylic acid groups (broad SMARTS) is 1. The molecule has 1 amide bonds. The van der Waals surface area contributed by atoms with Crippen molar-refractivity contribution in [2.24, 2.45) is 0 Å². The standard InChI is InChI=1S/C24H25F2N3O7S/c1-14(21(31)32)28-19-12-15(20(30)27-24(2)8-10-37(34,35)11-9-24)6-7-18(19)29(23(28)33)16-4-3-5-17(13-16)36-22(25)26/h3-7,12-14,22H,8-11H2,1-2H3,(H,27,30)(H,31,32). The first-order valence-electron chi connectivity index (χ1n) is 11.4. The van der Waals surface area contributed by atoms with E-state index in [4.69, 9.17) is 0 Å². The summed E-state index contributed by atoms with van der Waals surface area (Å²) in [6, 6.07) is 8.39. The lowest BCUT2D eigenvalue weighted by atomic mass is 9.94. The molecule has 0 bridgehead atoms. The van der Waals surface area contributed by atoms with Gasteiger partial charge in [0.05, 0.1) is 28.2 Å². The van der Waals surface area contributed by atoms with Crippen LogP contribution >= 0.6 is 0 Å². The number of benzene rings is 2. The number of imidazole rings is 1. The van der Waals surface area contributed by atoms with Crippen LogP contribution in [0.1, 0.15) is 43.1 Å². The fourth-order valence-corrected chi connectivity index (χ4v) is 6.08. The Labute approximate surface area is 210 Å². The SMILES string of the molecule is CC(C(=O)O)n1c(=O)n(-c2cccc(OC(F)F)c2)c2ccc(C(=O)NC3(C)CCS(=O)(=O)CC3)cc21. The largest absolute Gasteiger partial charge is 0.480 e. The number of halogens is 2. The third-order valence-corrected chi connectivity index (χ3v) is 8.18. The Kier molecular flexibility index (Phi) is 6.84. The number of aromatic nitrogens is 2. The molecule has 1 fully saturated rings. The average molecular weight is 538 g/mol. The molecule has 2 aromatic carbocycles. The van der Waals surface area contributed by atoms with Crippen molar-refractivity contribution in [2.75, 3.05) is 11.5 Å². The molecule has 1 unspecified atom stereocenters. The van der Waals surface area contributed by atoms with E-state index >= 15 is 0 Å². The van der Waals surface area contributed by atoms with Gasteiger partial charge < -0.3 is 15.2 Å². The quantitative estimate of drug-likeness (QED) is 0.473. The zero-order valence-electron chi connectivity index (χ0n) is 20.0. The van der Waals surface area contributed by atoms with E-state index in [1.165, 1.54) is 49.4 Å². The highest BCUT2D eigenvalue weighted by atomic mass is 32.2. The van der Waals surface area contributed by atoms with Crippen molar-refractivity contribution in [2.45, 2.75) is 44.9 Å². The van der Waals surface area contributed by atoms with Crippen LogP contribution in [0.15, 0.2) is 47.3 Å². The molecule has 198 valence electrons. The molecule has 1 aliphatic heterocycles. The molecule has 0 radical (unpaired) electrons. The highest BCUT2D eigenvalue weighted by Gasteiger charge is 2.35. The minimum Gasteiger partial charge on any atom is -0.480 e. The Morgan fingerprint density at radius 1 is 1.11 bits per heavy atom. The second-order valence-corrected chi connectivity index (χ2v) is 11.6. The number of ether oxygens (including phenoxy) is 1. The molecule has 2 heterocycles. The second kappa shape index (κ2) is 9.61. The van der Waals surface area contributed by atoms with Crippen molar-refractivity contribution in [3.63, 3.8) is 0 Å². The number of nitrogens with zero attached hydrogens (tertiary/aromatic N) is 2. The normalized spacial score (nSPS) is 17.4. The van der Waals surface area contributed by atoms with Gasteiger partial charge >= 0.3 is 18.3 Å². The predicted molar refractivity (Wildman–Crippen MR) is 130 cm³/mol. The van der Waals surface area contributed by atoms with Gasteiger partial charge in [0.2, 0.25) is 0 Å². The maximum atomic E-state index is 13.4. The number of rotatable bonds is 7. The molecular formula is C24H25F2N3O7S. The smallest absolute Gasteiger partial charge is 0.387 e. The van der Waals surface area contributed by atoms with E-state index in [-0.39, 0.29) is 52.4 Å². The molecule has 2 N–H and O–H groups in total. The Balaban J connectivity index is 1.79. The van der Waals surface area contributed by atoms with Gasteiger partial charge in [-0.2, -0.15) is 8.78 Å². The number of carboxylic acids is 1. The lowest BCUT2D eigenvalue weighted by Crippen LogP contribution is -2.50. The highest BCUT2D eigenvalue weighted by Crippen LogP contribution is 2.27. The molecule has 0 spiro atoms. The summed E-state index contributed by atoms with van der Waals surface area (Å²) in [6.45, 7) is -0.0153. The maximum absolute atomic E-state index is 13.4. The number of nitrogens with one attached hydrogen (secondary N) is 1. The predicted octanol–water partition coefficient (Wildman–Crippen LogP) is 2.74. The van der Waals surface area contributed by atoms with Crippen molar-refractivity contribution < 1.29 is 36.6 Å². The third kappa shape index (κ3) is 5.36. The first-order valence-corrected chi connectivity index (χ1v) is 13.2. The molecule has 1 aromatic heterocycles. The van der Waals surface area contributed by atoms with Crippen LogP contribution in [-0.2, 0) is 14.6 Å². The number of hydrogen-bond donors (Lipinski definition) is 2. The average Bonchev–Trinajstić information content (AvgIpc) is 3.11. The number of sulfone groups is 1. The molecule has 3 aromatic rings. The molecule has 1 saturated heterocycles. The molecule has 1 atom stereocenters. The molecule has 10 nitrogen and oxygen atoms in total. The molecule has 37 heavy (non-hydrogen) atoms. The van der Waals surface area contributed by atoms with E-state index in [2.05, 4.69) is 10.1 Å². The molecule has 0 saturated carbocycles. The lowest BCUT2D eigenvalue weighted by Gasteiger charge is -2.34. The number of aliphatic carboxylic acids is 1. The summed E-state index contributed by atoms with van der Waals surface area (Å²) in [4.78, 5) is 38.3. The number of fused-ring (bicyclic) bond motifs is 1. The summed E-state index contributed by atoms with van der Waals surface area (Å²) < 4.78 is 55.6. The minimum absolute atomic E-state index is 0.0460. The van der Waals surface area contributed by atoms with Crippen LogP contribution in [0, 0.1) is 0 Å². The summed E-state index contributed by atoms with van der Waals surface area (Å²) in [5.74, 6) is -2.08. The number of carbonyl (C=O) groups is 2. The van der Waals surface area contributed by atoms with Crippen LogP contribution in [0.25, 0.3) is 16.7 Å². The summed E-state index contributed by atoms with van der Waals surface area (Å²) >= 11 is 0. The summed E-state index contributed by atoms with van der Waals surface area (Å²) in [6.07, 6.45) is 0.495. The Hall–Kier alpha value is -3.74. The van der Waals surface area contributed by atoms with E-state index < -0.39 is 45.6 Å². The van der Waals surface area contributed by atoms with E-state index in [0.717, 1.165) is 9.13 Å². The molecule has 4 rings (SSSR count). The van der Waals surface area contributed by atoms with E-state index in [9.17, 15) is 36.7 Å². The first-order chi connectivity index (χ1) is 17.3. The highest BCUT2D eigenvalue weighted by molar-refractivity contribution is 7.91. The summed E-state index contributed by atoms with van der Waals surface area (Å²) in [7, 11) is -3.14. The van der Waals surface area contributed by atoms with Crippen LogP contribution in [0.4, 0.5) is 8.78 Å². The molecule has 13 heteroatoms. The van der Waals surface area contributed by atoms with E-state index in [0.29, 0.717) is 0 Å². The van der Waals surface area contributed by atoms with Gasteiger partial charge in [-0.1, -0.05) is 6.07 Å². The van der Waals surface area contributed by atoms with Crippen molar-refractivity contribution in [3.8, 4) is 11.4 Å². The van der Waals surface area contributed by atoms with Gasteiger partial charge in [-0.05, 0) is 57.0 Å². The summed E-state index contributed by atoms with van der Waals surface area (Å²) in [5.41, 5.74) is -0.801. The molecular weight excluding hydrogens is 512 g/mol. The van der Waals surface area contributed by atoms with Crippen LogP contribution in [0.2, 0.25) is 0 Å². The van der Waals surface area contributed by atoms with Gasteiger partial charge in [-0.25, -0.2) is 18.0 Å². The zero-order valence-corrected chi connectivity index (χ0v) is 20.8. The Morgan fingerprint density at radius 2 is 1.78 bits per heavy atom. The van der Waals surface area contributed by atoms with Gasteiger partial charge in [-0.3, -0.25) is 13.9 Å². The molecule has 0 aliphatic carbocycles. The maximum Gasteiger partial charge on any atom is 0.387 e. The Bertz CT molecular complexity index is 1530. The second-order valence-electron chi connectivity index (χ2n) is 9.25. The van der Waals surface area contributed by atoms with Crippen molar-refractivity contribution in [1.82, 2.24) is 14.5 Å². The van der Waals surface area contributed by atoms with Crippen LogP contribution in [0.5, 0.6) is 5.75 Å². The number of amides is 1. The first kappa shape index (κ1) is 26.3. The Morgan fingerprint density at radius 3 is 2.41 bits per heavy atom. The third-order valence-electron chi connectivity index (χ3n) is 6.53. The fraction of sp³-hybridized carbons (Fsp3) is 0.375. The van der Waals surface area contributed by atoms with Crippen molar-refractivity contribution in [1.29, 1.82) is 0 Å². The number of alkyl halides is 2. The minimum atomic E-state index is -3.14. The van der Waals surface area contributed by atoms with Crippen LogP contribution < -0.4 is 15.7 Å². The van der Waals surface area contributed by atoms with Gasteiger partial charge in [-0.15, -0.1) is 0 Å². The van der Waals surface area contributed by atoms with Crippen molar-refractivity contribution >= 4 is 32.7 Å². The van der Waals surface area contributed by atoms with Crippen LogP contribution in [0.3, 0.4) is 0 Å². The van der Waals surface area contributed by atoms with Gasteiger partial charge in [0.1, 0.15) is 21.6 Å². The number of carbonyl (C=O) groups excluding carboxylic acids is 1. The fourth-order valence-electron chi connectivity index (χ4n) is 4.35. The van der Waals surface area contributed by atoms with Gasteiger partial charge in [0, 0.05) is 17.2 Å². The van der Waals surface area contributed by atoms with Gasteiger partial charge in [0.25, 0.3) is 5.91 Å². The van der Waals surface area contributed by atoms with E-state index in [1.807, 2.05) is 0 Å². The monoisotopic (exact) mass is 537 g/mol. The van der Waals surface area contributed by atoms with Crippen molar-refractivity contribution in [3.05, 3.63) is 58.5 Å². The number of hydrogen-bond acceptors (Lipinski definition) is 6.